The number of nitrogens with zero attached hydrogens (tertiary/aromatic N) is 2. The molecular weight excluding hydrogens is 302 g/mol. The van der Waals surface area contributed by atoms with Crippen molar-refractivity contribution in [2.24, 2.45) is 5.73 Å². The Morgan fingerprint density at radius 3 is 2.67 bits per heavy atom. The second-order valence-electron chi connectivity index (χ2n) is 6.21. The summed E-state index contributed by atoms with van der Waals surface area (Å²) in [6, 6.07) is 8.17. The van der Waals surface area contributed by atoms with Gasteiger partial charge in [0.05, 0.1) is 0 Å². The molecule has 116 valence electrons. The molecule has 0 aliphatic carbocycles. The molecule has 1 aromatic rings. The topological polar surface area (TPSA) is 32.5 Å². The van der Waals surface area contributed by atoms with Crippen LogP contribution in [0.1, 0.15) is 13.3 Å². The van der Waals surface area contributed by atoms with Crippen LogP contribution in [0.4, 0.5) is 5.69 Å². The summed E-state index contributed by atoms with van der Waals surface area (Å²) >= 11 is 8.17. The van der Waals surface area contributed by atoms with Gasteiger partial charge in [-0.2, -0.15) is 11.8 Å². The number of benzene rings is 1. The molecule has 2 heterocycles. The van der Waals surface area contributed by atoms with Gasteiger partial charge in [-0.05, 0) is 24.6 Å². The molecule has 3 rings (SSSR count). The first kappa shape index (κ1) is 15.5. The van der Waals surface area contributed by atoms with E-state index in [0.717, 1.165) is 43.0 Å². The largest absolute Gasteiger partial charge is 0.369 e. The molecule has 3 nitrogen and oxygen atoms in total. The molecular formula is C16H24ClN3S. The second-order valence-corrected chi connectivity index (χ2v) is 8.07. The first-order valence-corrected chi connectivity index (χ1v) is 9.13. The van der Waals surface area contributed by atoms with Gasteiger partial charge in [0.1, 0.15) is 0 Å². The molecule has 2 saturated heterocycles. The molecule has 2 fully saturated rings. The quantitative estimate of drug-likeness (QED) is 0.926. The van der Waals surface area contributed by atoms with Gasteiger partial charge in [0.25, 0.3) is 0 Å². The van der Waals surface area contributed by atoms with Crippen LogP contribution >= 0.6 is 23.4 Å². The lowest BCUT2D eigenvalue weighted by Crippen LogP contribution is -2.60. The first-order valence-electron chi connectivity index (χ1n) is 7.70. The van der Waals surface area contributed by atoms with Crippen molar-refractivity contribution in [1.29, 1.82) is 0 Å². The van der Waals surface area contributed by atoms with Crippen LogP contribution < -0.4 is 10.6 Å². The monoisotopic (exact) mass is 325 g/mol. The summed E-state index contributed by atoms with van der Waals surface area (Å²) in [4.78, 5) is 5.06. The zero-order valence-corrected chi connectivity index (χ0v) is 14.2. The molecule has 2 atom stereocenters. The van der Waals surface area contributed by atoms with Crippen molar-refractivity contribution >= 4 is 29.1 Å². The third-order valence-electron chi connectivity index (χ3n) is 4.81. The van der Waals surface area contributed by atoms with Crippen LogP contribution in [0.25, 0.3) is 0 Å². The fourth-order valence-corrected chi connectivity index (χ4v) is 5.18. The zero-order chi connectivity index (χ0) is 14.9. The number of hydrogen-bond acceptors (Lipinski definition) is 4. The number of piperazine rings is 1. The van der Waals surface area contributed by atoms with E-state index in [-0.39, 0.29) is 5.54 Å². The molecule has 2 unspecified atom stereocenters. The van der Waals surface area contributed by atoms with E-state index in [1.165, 1.54) is 17.9 Å². The lowest BCUT2D eigenvalue weighted by molar-refractivity contribution is 0.105. The molecule has 2 aliphatic heterocycles. The van der Waals surface area contributed by atoms with Gasteiger partial charge >= 0.3 is 0 Å². The van der Waals surface area contributed by atoms with Crippen molar-refractivity contribution in [3.05, 3.63) is 29.3 Å². The third-order valence-corrected chi connectivity index (χ3v) is 6.48. The molecule has 21 heavy (non-hydrogen) atoms. The molecule has 0 radical (unpaired) electrons. The van der Waals surface area contributed by atoms with E-state index < -0.39 is 0 Å². The van der Waals surface area contributed by atoms with Crippen LogP contribution in [-0.2, 0) is 0 Å². The molecule has 5 heteroatoms. The molecule has 0 spiro atoms. The van der Waals surface area contributed by atoms with Crippen molar-refractivity contribution < 1.29 is 0 Å². The Morgan fingerprint density at radius 1 is 1.33 bits per heavy atom. The maximum absolute atomic E-state index is 6.14. The average Bonchev–Trinajstić information content (AvgIpc) is 2.90. The molecule has 0 amide bonds. The summed E-state index contributed by atoms with van der Waals surface area (Å²) in [5, 5.41) is 1.55. The maximum atomic E-state index is 6.14. The Morgan fingerprint density at radius 2 is 2.10 bits per heavy atom. The summed E-state index contributed by atoms with van der Waals surface area (Å²) in [6.07, 6.45) is 1.23. The van der Waals surface area contributed by atoms with Crippen molar-refractivity contribution in [2.75, 3.05) is 43.4 Å². The lowest BCUT2D eigenvalue weighted by Gasteiger charge is -2.46. The summed E-state index contributed by atoms with van der Waals surface area (Å²) in [5.74, 6) is 1.18. The average molecular weight is 326 g/mol. The summed E-state index contributed by atoms with van der Waals surface area (Å²) in [5.41, 5.74) is 7.60. The van der Waals surface area contributed by atoms with Crippen LogP contribution in [0.3, 0.4) is 0 Å². The van der Waals surface area contributed by atoms with Gasteiger partial charge in [0, 0.05) is 60.0 Å². The van der Waals surface area contributed by atoms with Gasteiger partial charge in [-0.3, -0.25) is 4.90 Å². The third kappa shape index (κ3) is 3.19. The lowest BCUT2D eigenvalue weighted by atomic mass is 9.93. The number of nitrogens with two attached hydrogens (primary N) is 1. The van der Waals surface area contributed by atoms with Crippen LogP contribution in [0.15, 0.2) is 24.3 Å². The number of hydrogen-bond donors (Lipinski definition) is 1. The molecule has 0 aromatic heterocycles. The fraction of sp³-hybridized carbons (Fsp3) is 0.625. The minimum Gasteiger partial charge on any atom is -0.369 e. The van der Waals surface area contributed by atoms with Gasteiger partial charge in [-0.15, -0.1) is 0 Å². The van der Waals surface area contributed by atoms with Crippen molar-refractivity contribution in [2.45, 2.75) is 24.1 Å². The minimum absolute atomic E-state index is 0.227. The standard InChI is InChI=1S/C16H24ClN3S/c1-13-10-16(11-18,12-21-13)20-7-5-19(6-8-20)15-4-2-3-14(17)9-15/h2-4,9,13H,5-8,10-12,18H2,1H3. The van der Waals surface area contributed by atoms with E-state index in [4.69, 9.17) is 17.3 Å². The molecule has 0 saturated carbocycles. The first-order chi connectivity index (χ1) is 10.1. The molecule has 2 aliphatic rings. The maximum Gasteiger partial charge on any atom is 0.0433 e. The Hall–Kier alpha value is -0.420. The highest BCUT2D eigenvalue weighted by atomic mass is 35.5. The van der Waals surface area contributed by atoms with Crippen LogP contribution in [0.2, 0.25) is 5.02 Å². The van der Waals surface area contributed by atoms with E-state index in [0.29, 0.717) is 0 Å². The Labute approximate surface area is 136 Å². The van der Waals surface area contributed by atoms with Crippen LogP contribution in [-0.4, -0.2) is 54.2 Å². The SMILES string of the molecule is CC1CC(CN)(N2CCN(c3cccc(Cl)c3)CC2)CS1. The van der Waals surface area contributed by atoms with Crippen molar-refractivity contribution in [3.8, 4) is 0 Å². The van der Waals surface area contributed by atoms with E-state index in [2.05, 4.69) is 40.6 Å². The number of anilines is 1. The van der Waals surface area contributed by atoms with Crippen LogP contribution in [0.5, 0.6) is 0 Å². The summed E-state index contributed by atoms with van der Waals surface area (Å²) < 4.78 is 0. The predicted molar refractivity (Wildman–Crippen MR) is 93.6 cm³/mol. The molecule has 2 N–H and O–H groups in total. The smallest absolute Gasteiger partial charge is 0.0433 e. The molecule has 0 bridgehead atoms. The number of thioether (sulfide) groups is 1. The normalized spacial score (nSPS) is 30.8. The number of halogens is 1. The second kappa shape index (κ2) is 6.37. The van der Waals surface area contributed by atoms with Gasteiger partial charge < -0.3 is 10.6 Å². The van der Waals surface area contributed by atoms with Crippen molar-refractivity contribution in [1.82, 2.24) is 4.90 Å². The highest BCUT2D eigenvalue weighted by Crippen LogP contribution is 2.38. The van der Waals surface area contributed by atoms with E-state index >= 15 is 0 Å². The Balaban J connectivity index is 1.65. The number of rotatable bonds is 3. The zero-order valence-electron chi connectivity index (χ0n) is 12.6. The highest BCUT2D eigenvalue weighted by Gasteiger charge is 2.42. The van der Waals surface area contributed by atoms with Crippen molar-refractivity contribution in [3.63, 3.8) is 0 Å². The van der Waals surface area contributed by atoms with Gasteiger partial charge in [0.2, 0.25) is 0 Å². The highest BCUT2D eigenvalue weighted by molar-refractivity contribution is 8.00. The summed E-state index contributed by atoms with van der Waals surface area (Å²) in [6.45, 7) is 7.40. The van der Waals surface area contributed by atoms with E-state index in [9.17, 15) is 0 Å². The minimum atomic E-state index is 0.227. The Kier molecular flexibility index (Phi) is 4.69. The van der Waals surface area contributed by atoms with Gasteiger partial charge in [-0.25, -0.2) is 0 Å². The fourth-order valence-electron chi connectivity index (χ4n) is 3.55. The molecule has 1 aromatic carbocycles. The summed E-state index contributed by atoms with van der Waals surface area (Å²) in [7, 11) is 0. The van der Waals surface area contributed by atoms with E-state index in [1.54, 1.807) is 0 Å². The van der Waals surface area contributed by atoms with Crippen LogP contribution in [0, 0.1) is 0 Å². The van der Waals surface area contributed by atoms with E-state index in [1.807, 2.05) is 12.1 Å². The van der Waals surface area contributed by atoms with Gasteiger partial charge in [0.15, 0.2) is 0 Å². The Bertz CT molecular complexity index is 490. The predicted octanol–water partition coefficient (Wildman–Crippen LogP) is 2.68. The van der Waals surface area contributed by atoms with Gasteiger partial charge in [-0.1, -0.05) is 24.6 Å².